The SMILES string of the molecule is O=C(CC1COCCN1)NCC1CCN(CC(F)(F)F)C1. The van der Waals surface area contributed by atoms with Crippen molar-refractivity contribution in [3.05, 3.63) is 0 Å². The summed E-state index contributed by atoms with van der Waals surface area (Å²) in [5.74, 6) is 0.0270. The molecule has 122 valence electrons. The zero-order valence-electron chi connectivity index (χ0n) is 11.9. The van der Waals surface area contributed by atoms with Gasteiger partial charge in [0, 0.05) is 32.1 Å². The fourth-order valence-electron chi connectivity index (χ4n) is 2.78. The molecule has 0 aliphatic carbocycles. The van der Waals surface area contributed by atoms with E-state index in [1.54, 1.807) is 0 Å². The highest BCUT2D eigenvalue weighted by Crippen LogP contribution is 2.22. The number of rotatable bonds is 5. The lowest BCUT2D eigenvalue weighted by Gasteiger charge is -2.23. The predicted molar refractivity (Wildman–Crippen MR) is 70.8 cm³/mol. The number of hydrogen-bond acceptors (Lipinski definition) is 4. The van der Waals surface area contributed by atoms with Crippen LogP contribution in [0.15, 0.2) is 0 Å². The highest BCUT2D eigenvalue weighted by Gasteiger charge is 2.34. The van der Waals surface area contributed by atoms with Crippen LogP contribution in [-0.2, 0) is 9.53 Å². The quantitative estimate of drug-likeness (QED) is 0.770. The van der Waals surface area contributed by atoms with Crippen molar-refractivity contribution in [2.45, 2.75) is 25.1 Å². The summed E-state index contributed by atoms with van der Waals surface area (Å²) in [6.07, 6.45) is -3.11. The third kappa shape index (κ3) is 6.19. The Labute approximate surface area is 122 Å². The Bertz CT molecular complexity index is 346. The summed E-state index contributed by atoms with van der Waals surface area (Å²) in [5, 5.41) is 6.00. The van der Waals surface area contributed by atoms with Crippen LogP contribution in [0.3, 0.4) is 0 Å². The van der Waals surface area contributed by atoms with Crippen molar-refractivity contribution in [3.8, 4) is 0 Å². The molecule has 0 aromatic rings. The van der Waals surface area contributed by atoms with Crippen molar-refractivity contribution in [2.75, 3.05) is 45.9 Å². The van der Waals surface area contributed by atoms with Crippen LogP contribution >= 0.6 is 0 Å². The van der Waals surface area contributed by atoms with E-state index in [4.69, 9.17) is 4.74 Å². The smallest absolute Gasteiger partial charge is 0.378 e. The van der Waals surface area contributed by atoms with E-state index in [-0.39, 0.29) is 17.9 Å². The first-order valence-electron chi connectivity index (χ1n) is 7.29. The molecule has 0 bridgehead atoms. The fourth-order valence-corrected chi connectivity index (χ4v) is 2.78. The molecule has 2 fully saturated rings. The number of morpholine rings is 1. The number of carbonyl (C=O) groups excluding carboxylic acids is 1. The Balaban J connectivity index is 1.61. The van der Waals surface area contributed by atoms with Gasteiger partial charge in [-0.2, -0.15) is 13.2 Å². The maximum Gasteiger partial charge on any atom is 0.401 e. The van der Waals surface area contributed by atoms with Gasteiger partial charge in [0.1, 0.15) is 0 Å². The van der Waals surface area contributed by atoms with Crippen molar-refractivity contribution in [1.82, 2.24) is 15.5 Å². The van der Waals surface area contributed by atoms with Crippen LogP contribution in [0.25, 0.3) is 0 Å². The van der Waals surface area contributed by atoms with Gasteiger partial charge in [-0.25, -0.2) is 0 Å². The molecule has 2 rings (SSSR count). The van der Waals surface area contributed by atoms with Crippen LogP contribution in [0.4, 0.5) is 13.2 Å². The fraction of sp³-hybridized carbons (Fsp3) is 0.923. The Morgan fingerprint density at radius 3 is 2.90 bits per heavy atom. The van der Waals surface area contributed by atoms with Crippen LogP contribution in [0.1, 0.15) is 12.8 Å². The van der Waals surface area contributed by atoms with Crippen LogP contribution in [0, 0.1) is 5.92 Å². The van der Waals surface area contributed by atoms with E-state index in [2.05, 4.69) is 10.6 Å². The van der Waals surface area contributed by atoms with Crippen LogP contribution < -0.4 is 10.6 Å². The molecule has 0 aromatic carbocycles. The topological polar surface area (TPSA) is 53.6 Å². The van der Waals surface area contributed by atoms with Gasteiger partial charge in [0.2, 0.25) is 5.91 Å². The molecule has 2 saturated heterocycles. The summed E-state index contributed by atoms with van der Waals surface area (Å²) >= 11 is 0. The lowest BCUT2D eigenvalue weighted by Crippen LogP contribution is -2.44. The van der Waals surface area contributed by atoms with Gasteiger partial charge < -0.3 is 15.4 Å². The third-order valence-electron chi connectivity index (χ3n) is 3.79. The second kappa shape index (κ2) is 7.42. The molecule has 0 spiro atoms. The minimum absolute atomic E-state index is 0.0315. The van der Waals surface area contributed by atoms with Gasteiger partial charge in [-0.05, 0) is 18.9 Å². The maximum atomic E-state index is 12.3. The number of hydrogen-bond donors (Lipinski definition) is 2. The van der Waals surface area contributed by atoms with E-state index in [0.29, 0.717) is 45.7 Å². The van der Waals surface area contributed by atoms with Crippen LogP contribution in [0.5, 0.6) is 0 Å². The van der Waals surface area contributed by atoms with E-state index in [1.807, 2.05) is 0 Å². The molecule has 2 aliphatic rings. The molecule has 5 nitrogen and oxygen atoms in total. The Hall–Kier alpha value is -0.860. The van der Waals surface area contributed by atoms with E-state index in [0.717, 1.165) is 6.54 Å². The zero-order chi connectivity index (χ0) is 15.3. The molecular weight excluding hydrogens is 287 g/mol. The van der Waals surface area contributed by atoms with E-state index in [1.165, 1.54) is 4.90 Å². The van der Waals surface area contributed by atoms with Crippen LogP contribution in [0.2, 0.25) is 0 Å². The number of alkyl halides is 3. The first-order valence-corrected chi connectivity index (χ1v) is 7.29. The summed E-state index contributed by atoms with van der Waals surface area (Å²) in [4.78, 5) is 13.2. The number of nitrogens with zero attached hydrogens (tertiary/aromatic N) is 1. The number of likely N-dealkylation sites (tertiary alicyclic amines) is 1. The normalized spacial score (nSPS) is 27.8. The Morgan fingerprint density at radius 1 is 1.43 bits per heavy atom. The highest BCUT2D eigenvalue weighted by molar-refractivity contribution is 5.76. The lowest BCUT2D eigenvalue weighted by molar-refractivity contribution is -0.143. The van der Waals surface area contributed by atoms with Gasteiger partial charge in [0.05, 0.1) is 19.8 Å². The van der Waals surface area contributed by atoms with Gasteiger partial charge >= 0.3 is 6.18 Å². The number of halogens is 3. The summed E-state index contributed by atoms with van der Waals surface area (Å²) in [7, 11) is 0. The second-order valence-corrected chi connectivity index (χ2v) is 5.74. The summed E-state index contributed by atoms with van der Waals surface area (Å²) < 4.78 is 42.1. The summed E-state index contributed by atoms with van der Waals surface area (Å²) in [6.45, 7) is 2.35. The van der Waals surface area contributed by atoms with E-state index in [9.17, 15) is 18.0 Å². The molecule has 1 amide bonds. The van der Waals surface area contributed by atoms with Gasteiger partial charge in [-0.1, -0.05) is 0 Å². The number of carbonyl (C=O) groups is 1. The van der Waals surface area contributed by atoms with Crippen molar-refractivity contribution >= 4 is 5.91 Å². The van der Waals surface area contributed by atoms with Crippen molar-refractivity contribution in [3.63, 3.8) is 0 Å². The first-order chi connectivity index (χ1) is 9.92. The molecule has 0 radical (unpaired) electrons. The first kappa shape index (κ1) is 16.5. The monoisotopic (exact) mass is 309 g/mol. The average Bonchev–Trinajstić information content (AvgIpc) is 2.83. The van der Waals surface area contributed by atoms with Gasteiger partial charge in [-0.3, -0.25) is 9.69 Å². The minimum atomic E-state index is -4.15. The molecule has 0 aromatic heterocycles. The van der Waals surface area contributed by atoms with Crippen molar-refractivity contribution in [1.29, 1.82) is 0 Å². The molecule has 2 atom stereocenters. The van der Waals surface area contributed by atoms with Crippen molar-refractivity contribution < 1.29 is 22.7 Å². The number of ether oxygens (including phenoxy) is 1. The van der Waals surface area contributed by atoms with Gasteiger partial charge in [0.15, 0.2) is 0 Å². The highest BCUT2D eigenvalue weighted by atomic mass is 19.4. The van der Waals surface area contributed by atoms with Gasteiger partial charge in [0.25, 0.3) is 0 Å². The molecule has 0 saturated carbocycles. The average molecular weight is 309 g/mol. The molecule has 2 aliphatic heterocycles. The second-order valence-electron chi connectivity index (χ2n) is 5.74. The zero-order valence-corrected chi connectivity index (χ0v) is 11.9. The standard InChI is InChI=1S/C13H22F3N3O2/c14-13(15,16)9-19-3-1-10(7-19)6-18-12(20)5-11-8-21-4-2-17-11/h10-11,17H,1-9H2,(H,18,20). The van der Waals surface area contributed by atoms with Gasteiger partial charge in [-0.15, -0.1) is 0 Å². The Morgan fingerprint density at radius 2 is 2.24 bits per heavy atom. The largest absolute Gasteiger partial charge is 0.401 e. The lowest BCUT2D eigenvalue weighted by atomic mass is 10.1. The number of amides is 1. The molecular formula is C13H22F3N3O2. The van der Waals surface area contributed by atoms with Crippen molar-refractivity contribution in [2.24, 2.45) is 5.92 Å². The third-order valence-corrected chi connectivity index (χ3v) is 3.79. The molecule has 8 heteroatoms. The minimum Gasteiger partial charge on any atom is -0.378 e. The maximum absolute atomic E-state index is 12.3. The molecule has 21 heavy (non-hydrogen) atoms. The number of nitrogens with one attached hydrogen (secondary N) is 2. The molecule has 2 heterocycles. The van der Waals surface area contributed by atoms with E-state index >= 15 is 0 Å². The summed E-state index contributed by atoms with van der Waals surface area (Å²) in [5.41, 5.74) is 0. The molecule has 2 N–H and O–H groups in total. The Kier molecular flexibility index (Phi) is 5.83. The van der Waals surface area contributed by atoms with Crippen LogP contribution in [-0.4, -0.2) is 69.0 Å². The molecule has 2 unspecified atom stereocenters. The predicted octanol–water partition coefficient (Wildman–Crippen LogP) is 0.365. The summed E-state index contributed by atoms with van der Waals surface area (Å²) in [6, 6.07) is 0.0315. The van der Waals surface area contributed by atoms with E-state index < -0.39 is 12.7 Å².